The summed E-state index contributed by atoms with van der Waals surface area (Å²) in [5.74, 6) is -0.883. The largest absolute Gasteiger partial charge is 0.345 e. The summed E-state index contributed by atoms with van der Waals surface area (Å²) in [6.45, 7) is 11.5. The number of amides is 2. The Balaban J connectivity index is 5.38. The molecule has 0 heterocycles. The Morgan fingerprint density at radius 2 is 1.04 bits per heavy atom. The maximum Gasteiger partial charge on any atom is 0.237 e. The van der Waals surface area contributed by atoms with Gasteiger partial charge in [0.1, 0.15) is 0 Å². The van der Waals surface area contributed by atoms with Crippen LogP contribution in [0, 0.1) is 11.8 Å². The third kappa shape index (κ3) is 9.15. The molecule has 0 radical (unpaired) electrons. The summed E-state index contributed by atoms with van der Waals surface area (Å²) in [7, 11) is 0. The summed E-state index contributed by atoms with van der Waals surface area (Å²) in [6, 6.07) is -2.66. The Hall–Kier alpha value is -1.47. The normalized spacial score (nSPS) is 15.8. The summed E-state index contributed by atoms with van der Waals surface area (Å²) in [4.78, 5) is 38.0. The van der Waals surface area contributed by atoms with Gasteiger partial charge in [0.25, 0.3) is 0 Å². The number of rotatable bonds is 14. The van der Waals surface area contributed by atoms with E-state index in [0.717, 1.165) is 25.7 Å². The first kappa shape index (κ1) is 26.5. The smallest absolute Gasteiger partial charge is 0.237 e. The highest BCUT2D eigenvalue weighted by Crippen LogP contribution is 2.11. The van der Waals surface area contributed by atoms with Crippen molar-refractivity contribution in [2.45, 2.75) is 104 Å². The van der Waals surface area contributed by atoms with Crippen molar-refractivity contribution in [2.75, 3.05) is 0 Å². The van der Waals surface area contributed by atoms with Crippen molar-refractivity contribution in [3.8, 4) is 0 Å². The van der Waals surface area contributed by atoms with E-state index in [1.54, 1.807) is 0 Å². The molecule has 0 spiro atoms. The molecule has 0 saturated carbocycles. The van der Waals surface area contributed by atoms with Crippen molar-refractivity contribution in [1.29, 1.82) is 0 Å². The first-order valence-electron chi connectivity index (χ1n) is 10.7. The lowest BCUT2D eigenvalue weighted by molar-refractivity contribution is -0.132. The molecule has 0 aromatic rings. The minimum absolute atomic E-state index is 0.0263. The molecule has 4 atom stereocenters. The van der Waals surface area contributed by atoms with Crippen LogP contribution in [-0.2, 0) is 14.4 Å². The molecule has 0 aromatic heterocycles. The molecule has 7 nitrogen and oxygen atoms in total. The second-order valence-electron chi connectivity index (χ2n) is 8.35. The third-order valence-electron chi connectivity index (χ3n) is 5.05. The van der Waals surface area contributed by atoms with Crippen molar-refractivity contribution in [3.63, 3.8) is 0 Å². The lowest BCUT2D eigenvalue weighted by Crippen LogP contribution is -2.57. The van der Waals surface area contributed by atoms with E-state index in [9.17, 15) is 14.4 Å². The number of hydrogen-bond donors (Lipinski definition) is 4. The van der Waals surface area contributed by atoms with Gasteiger partial charge in [-0.15, -0.1) is 0 Å². The quantitative estimate of drug-likeness (QED) is 0.355. The average molecular weight is 399 g/mol. The zero-order valence-electron chi connectivity index (χ0n) is 18.6. The number of unbranched alkanes of at least 4 members (excludes halogenated alkanes) is 2. The van der Waals surface area contributed by atoms with Crippen molar-refractivity contribution < 1.29 is 14.4 Å². The van der Waals surface area contributed by atoms with Gasteiger partial charge in [-0.25, -0.2) is 0 Å². The molecule has 0 fully saturated rings. The van der Waals surface area contributed by atoms with Gasteiger partial charge < -0.3 is 22.1 Å². The second kappa shape index (κ2) is 13.7. The number of Topliss-reactive ketones (excluding diaryl/α,β-unsaturated/α-hetero) is 1. The predicted octanol–water partition coefficient (Wildman–Crippen LogP) is 1.87. The monoisotopic (exact) mass is 398 g/mol. The highest BCUT2D eigenvalue weighted by Gasteiger charge is 2.31. The minimum Gasteiger partial charge on any atom is -0.345 e. The fourth-order valence-electron chi connectivity index (χ4n) is 2.77. The molecule has 2 unspecified atom stereocenters. The van der Waals surface area contributed by atoms with Crippen LogP contribution in [0.4, 0.5) is 0 Å². The summed E-state index contributed by atoms with van der Waals surface area (Å²) in [6.07, 6.45) is 4.46. The number of hydrogen-bond acceptors (Lipinski definition) is 5. The van der Waals surface area contributed by atoms with Crippen molar-refractivity contribution in [2.24, 2.45) is 23.3 Å². The van der Waals surface area contributed by atoms with Gasteiger partial charge >= 0.3 is 0 Å². The average Bonchev–Trinajstić information content (AvgIpc) is 2.65. The van der Waals surface area contributed by atoms with Gasteiger partial charge in [-0.1, -0.05) is 67.2 Å². The van der Waals surface area contributed by atoms with E-state index in [0.29, 0.717) is 12.8 Å². The van der Waals surface area contributed by atoms with E-state index < -0.39 is 24.2 Å². The number of ketones is 1. The molecule has 0 aromatic carbocycles. The molecule has 7 heteroatoms. The lowest BCUT2D eigenvalue weighted by atomic mass is 9.94. The highest BCUT2D eigenvalue weighted by molar-refractivity contribution is 5.96. The van der Waals surface area contributed by atoms with E-state index >= 15 is 0 Å². The Bertz CT molecular complexity index is 452. The summed E-state index contributed by atoms with van der Waals surface area (Å²) in [5, 5.41) is 5.64. The van der Waals surface area contributed by atoms with Gasteiger partial charge in [0.2, 0.25) is 11.8 Å². The lowest BCUT2D eigenvalue weighted by Gasteiger charge is -2.27. The van der Waals surface area contributed by atoms with Gasteiger partial charge in [0.05, 0.1) is 24.2 Å². The molecule has 2 amide bonds. The topological polar surface area (TPSA) is 127 Å². The summed E-state index contributed by atoms with van der Waals surface area (Å²) in [5.41, 5.74) is 11.9. The second-order valence-corrected chi connectivity index (χ2v) is 8.35. The van der Waals surface area contributed by atoms with E-state index in [2.05, 4.69) is 10.6 Å². The van der Waals surface area contributed by atoms with E-state index in [4.69, 9.17) is 11.5 Å². The van der Waals surface area contributed by atoms with E-state index in [-0.39, 0.29) is 29.4 Å². The van der Waals surface area contributed by atoms with Crippen LogP contribution < -0.4 is 22.1 Å². The van der Waals surface area contributed by atoms with Gasteiger partial charge in [0, 0.05) is 0 Å². The minimum atomic E-state index is -0.671. The summed E-state index contributed by atoms with van der Waals surface area (Å²) >= 11 is 0. The molecule has 0 aliphatic carbocycles. The van der Waals surface area contributed by atoms with Crippen LogP contribution in [0.1, 0.15) is 80.1 Å². The molecule has 164 valence electrons. The fourth-order valence-corrected chi connectivity index (χ4v) is 2.77. The Morgan fingerprint density at radius 1 is 0.714 bits per heavy atom. The molecular weight excluding hydrogens is 356 g/mol. The SMILES string of the molecule is CCCCC(NC(=O)[C@@H](N)C(C)C)C(=O)C(CCCC)NC(=O)[C@@H](N)C(C)C. The third-order valence-corrected chi connectivity index (χ3v) is 5.05. The number of carbonyl (C=O) groups is 3. The van der Waals surface area contributed by atoms with Crippen LogP contribution in [0.3, 0.4) is 0 Å². The van der Waals surface area contributed by atoms with Gasteiger partial charge in [-0.2, -0.15) is 0 Å². The molecule has 0 saturated heterocycles. The van der Waals surface area contributed by atoms with Crippen molar-refractivity contribution in [3.05, 3.63) is 0 Å². The standard InChI is InChI=1S/C21H42N4O3/c1-7-9-11-15(24-20(27)17(22)13(3)4)19(26)16(12-10-8-2)25-21(28)18(23)14(5)6/h13-18H,7-12,22-23H2,1-6H3,(H,24,27)(H,25,28)/t15?,16?,17-,18-/m0/s1. The maximum absolute atomic E-state index is 13.2. The maximum atomic E-state index is 13.2. The Labute approximate surface area is 170 Å². The molecular formula is C21H42N4O3. The molecule has 0 aliphatic rings. The predicted molar refractivity (Wildman–Crippen MR) is 114 cm³/mol. The molecule has 6 N–H and O–H groups in total. The van der Waals surface area contributed by atoms with Gasteiger partial charge in [0.15, 0.2) is 5.78 Å². The van der Waals surface area contributed by atoms with Crippen LogP contribution in [0.15, 0.2) is 0 Å². The highest BCUT2D eigenvalue weighted by atomic mass is 16.2. The van der Waals surface area contributed by atoms with Crippen LogP contribution in [0.5, 0.6) is 0 Å². The van der Waals surface area contributed by atoms with Gasteiger partial charge in [-0.3, -0.25) is 14.4 Å². The fraction of sp³-hybridized carbons (Fsp3) is 0.857. The van der Waals surface area contributed by atoms with Crippen LogP contribution >= 0.6 is 0 Å². The van der Waals surface area contributed by atoms with E-state index in [1.807, 2.05) is 41.5 Å². The number of nitrogens with one attached hydrogen (secondary N) is 2. The Morgan fingerprint density at radius 3 is 1.29 bits per heavy atom. The van der Waals surface area contributed by atoms with Crippen molar-refractivity contribution in [1.82, 2.24) is 10.6 Å². The number of carbonyl (C=O) groups excluding carboxylic acids is 3. The van der Waals surface area contributed by atoms with Crippen LogP contribution in [-0.4, -0.2) is 41.8 Å². The molecule has 0 bridgehead atoms. The molecule has 28 heavy (non-hydrogen) atoms. The van der Waals surface area contributed by atoms with E-state index in [1.165, 1.54) is 0 Å². The van der Waals surface area contributed by atoms with Crippen LogP contribution in [0.25, 0.3) is 0 Å². The first-order valence-corrected chi connectivity index (χ1v) is 10.7. The molecule has 0 aliphatic heterocycles. The zero-order chi connectivity index (χ0) is 21.9. The summed E-state index contributed by atoms with van der Waals surface area (Å²) < 4.78 is 0. The van der Waals surface area contributed by atoms with Gasteiger partial charge in [-0.05, 0) is 24.7 Å². The van der Waals surface area contributed by atoms with Crippen molar-refractivity contribution >= 4 is 17.6 Å². The number of nitrogens with two attached hydrogens (primary N) is 2. The molecule has 0 rings (SSSR count). The zero-order valence-corrected chi connectivity index (χ0v) is 18.6. The Kier molecular flexibility index (Phi) is 12.9. The van der Waals surface area contributed by atoms with Crippen LogP contribution in [0.2, 0.25) is 0 Å². The first-order chi connectivity index (χ1) is 13.1.